The molecule has 1 N–H and O–H groups in total. The van der Waals surface area contributed by atoms with Crippen LogP contribution in [0.3, 0.4) is 0 Å². The number of nitro groups is 1. The Balaban J connectivity index is 1.27. The van der Waals surface area contributed by atoms with Gasteiger partial charge in [-0.2, -0.15) is 13.5 Å². The molecule has 5 aromatic rings. The number of nitrogens with zero attached hydrogens (tertiary/aromatic N) is 8. The largest absolute Gasteiger partial charge is 0.372 e. The Morgan fingerprint density at radius 3 is 1.90 bits per heavy atom. The molecule has 0 amide bonds. The van der Waals surface area contributed by atoms with Gasteiger partial charge >= 0.3 is 5.00 Å². The predicted molar refractivity (Wildman–Crippen MR) is 228 cm³/mol. The van der Waals surface area contributed by atoms with Crippen LogP contribution in [0.25, 0.3) is 0 Å². The van der Waals surface area contributed by atoms with Crippen molar-refractivity contribution in [3.63, 3.8) is 0 Å². The second kappa shape index (κ2) is 18.6. The Bertz CT molecular complexity index is 2530. The van der Waals surface area contributed by atoms with Gasteiger partial charge in [0, 0.05) is 43.8 Å². The van der Waals surface area contributed by atoms with Crippen LogP contribution in [-0.2, 0) is 31.8 Å². The van der Waals surface area contributed by atoms with Crippen molar-refractivity contribution in [3.05, 3.63) is 117 Å². The molecular weight excluding hydrogens is 824 g/mol. The van der Waals surface area contributed by atoms with Crippen molar-refractivity contribution in [1.82, 2.24) is 4.98 Å². The number of sulfone groups is 1. The third-order valence-electron chi connectivity index (χ3n) is 9.49. The van der Waals surface area contributed by atoms with Crippen LogP contribution in [0.15, 0.2) is 121 Å². The minimum Gasteiger partial charge on any atom is -0.372 e. The fourth-order valence-electron chi connectivity index (χ4n) is 6.20. The highest BCUT2D eigenvalue weighted by atomic mass is 35.5. The molecule has 0 fully saturated rings. The van der Waals surface area contributed by atoms with Crippen molar-refractivity contribution in [2.75, 3.05) is 42.2 Å². The summed E-state index contributed by atoms with van der Waals surface area (Å²) >= 11 is 7.10. The Morgan fingerprint density at radius 1 is 0.810 bits per heavy atom. The first-order valence-electron chi connectivity index (χ1n) is 18.1. The Morgan fingerprint density at radius 2 is 1.38 bits per heavy atom. The topological polar surface area (TPSA) is 200 Å². The van der Waals surface area contributed by atoms with Gasteiger partial charge in [0.05, 0.1) is 31.1 Å². The maximum absolute atomic E-state index is 12.2. The number of thiazole rings is 1. The van der Waals surface area contributed by atoms with Gasteiger partial charge in [0.15, 0.2) is 9.84 Å². The summed E-state index contributed by atoms with van der Waals surface area (Å²) in [6.45, 7) is 11.0. The zero-order chi connectivity index (χ0) is 42.3. The minimum atomic E-state index is -4.44. The molecule has 306 valence electrons. The van der Waals surface area contributed by atoms with Crippen molar-refractivity contribution < 1.29 is 26.3 Å². The van der Waals surface area contributed by atoms with E-state index in [1.165, 1.54) is 24.3 Å². The van der Waals surface area contributed by atoms with E-state index in [0.717, 1.165) is 59.3 Å². The highest BCUT2D eigenvalue weighted by Gasteiger charge is 2.26. The molecule has 0 aliphatic heterocycles. The summed E-state index contributed by atoms with van der Waals surface area (Å²) in [6, 6.07) is 24.0. The number of benzene rings is 4. The standard InChI is InChI=1S/C39H43ClN8O7S3/c1-6-46(30-12-8-28(9-13-30)42-44-36-19-17-32(25-35(36)40)57(5,51)52)22-20-27-24-33(58(53,54)55)16-18-34(27)39(3,4)21-23-47(7-2)31-14-10-29(11-15-31)43-45-38-41-26-37(56-38)48(49)50/h8-19,24-26H,6-7,20-23H2,1-5H3,(H,53,54,55). The molecule has 0 bridgehead atoms. The number of hydrogen-bond acceptors (Lipinski definition) is 14. The van der Waals surface area contributed by atoms with Gasteiger partial charge in [-0.25, -0.2) is 13.4 Å². The zero-order valence-corrected chi connectivity index (χ0v) is 35.7. The molecule has 4 aromatic carbocycles. The van der Waals surface area contributed by atoms with Crippen LogP contribution in [0.2, 0.25) is 5.02 Å². The van der Waals surface area contributed by atoms with Crippen LogP contribution < -0.4 is 9.80 Å². The molecule has 1 heterocycles. The van der Waals surface area contributed by atoms with E-state index in [4.69, 9.17) is 11.6 Å². The highest BCUT2D eigenvalue weighted by Crippen LogP contribution is 2.35. The first kappa shape index (κ1) is 44.0. The van der Waals surface area contributed by atoms with Gasteiger partial charge in [-0.15, -0.1) is 15.3 Å². The lowest BCUT2D eigenvalue weighted by molar-refractivity contribution is -0.380. The van der Waals surface area contributed by atoms with Crippen LogP contribution in [0.1, 0.15) is 45.2 Å². The SMILES string of the molecule is CCN(CCc1cc(S(=O)(=O)O)ccc1C(C)(C)CCN(CC)c1ccc(N=Nc2ncc([N+](=O)[O-])s2)cc1)c1ccc(N=Nc2ccc(S(C)(=O)=O)cc2Cl)cc1. The van der Waals surface area contributed by atoms with Crippen molar-refractivity contribution in [2.45, 2.75) is 55.7 Å². The molecule has 1 aromatic heterocycles. The molecule has 0 spiro atoms. The molecule has 5 rings (SSSR count). The van der Waals surface area contributed by atoms with Crippen LogP contribution in [-0.4, -0.2) is 63.7 Å². The molecule has 0 aliphatic carbocycles. The summed E-state index contributed by atoms with van der Waals surface area (Å²) in [6.07, 6.45) is 3.48. The van der Waals surface area contributed by atoms with Gasteiger partial charge in [0.2, 0.25) is 5.13 Å². The average molecular weight is 867 g/mol. The molecule has 0 unspecified atom stereocenters. The highest BCUT2D eigenvalue weighted by molar-refractivity contribution is 7.90. The average Bonchev–Trinajstić information content (AvgIpc) is 3.67. The van der Waals surface area contributed by atoms with Gasteiger partial charge < -0.3 is 9.80 Å². The third-order valence-corrected chi connectivity index (χ3v) is 12.6. The van der Waals surface area contributed by atoms with Gasteiger partial charge in [-0.3, -0.25) is 14.7 Å². The number of anilines is 2. The molecule has 19 heteroatoms. The maximum atomic E-state index is 12.2. The van der Waals surface area contributed by atoms with Crippen molar-refractivity contribution in [3.8, 4) is 0 Å². The second-order valence-electron chi connectivity index (χ2n) is 13.9. The van der Waals surface area contributed by atoms with Crippen LogP contribution >= 0.6 is 22.9 Å². The van der Waals surface area contributed by atoms with E-state index in [2.05, 4.69) is 56.0 Å². The number of rotatable bonds is 18. The van der Waals surface area contributed by atoms with Gasteiger partial charge in [0.1, 0.15) is 11.9 Å². The Labute approximate surface area is 347 Å². The van der Waals surface area contributed by atoms with E-state index in [0.29, 0.717) is 43.1 Å². The summed E-state index contributed by atoms with van der Waals surface area (Å²) in [5.74, 6) is 0. The summed E-state index contributed by atoms with van der Waals surface area (Å²) < 4.78 is 58.1. The third kappa shape index (κ3) is 11.5. The summed E-state index contributed by atoms with van der Waals surface area (Å²) in [5.41, 5.74) is 4.77. The molecule has 0 saturated heterocycles. The van der Waals surface area contributed by atoms with Gasteiger partial charge in [-0.05, 0) is 133 Å². The van der Waals surface area contributed by atoms with Gasteiger partial charge in [-0.1, -0.05) is 31.5 Å². The Hall–Kier alpha value is -5.14. The van der Waals surface area contributed by atoms with E-state index < -0.39 is 24.9 Å². The molecule has 0 saturated carbocycles. The second-order valence-corrected chi connectivity index (χ2v) is 18.7. The smallest absolute Gasteiger partial charge is 0.345 e. The molecule has 15 nitrogen and oxygen atoms in total. The number of halogens is 1. The zero-order valence-electron chi connectivity index (χ0n) is 32.5. The van der Waals surface area contributed by atoms with Gasteiger partial charge in [0.25, 0.3) is 10.1 Å². The monoisotopic (exact) mass is 866 g/mol. The summed E-state index contributed by atoms with van der Waals surface area (Å²) in [7, 11) is -7.85. The van der Waals surface area contributed by atoms with E-state index >= 15 is 0 Å². The van der Waals surface area contributed by atoms with Crippen LogP contribution in [0, 0.1) is 10.1 Å². The van der Waals surface area contributed by atoms with E-state index in [1.807, 2.05) is 55.5 Å². The first-order valence-corrected chi connectivity index (χ1v) is 22.6. The number of azo groups is 2. The quantitative estimate of drug-likeness (QED) is 0.0382. The van der Waals surface area contributed by atoms with Crippen molar-refractivity contribution in [1.29, 1.82) is 0 Å². The maximum Gasteiger partial charge on any atom is 0.345 e. The minimum absolute atomic E-state index is 0.0945. The molecule has 0 radical (unpaired) electrons. The molecule has 0 atom stereocenters. The first-order chi connectivity index (χ1) is 27.4. The van der Waals surface area contributed by atoms with E-state index in [-0.39, 0.29) is 30.4 Å². The number of hydrogen-bond donors (Lipinski definition) is 1. The normalized spacial score (nSPS) is 12.4. The van der Waals surface area contributed by atoms with E-state index in [1.54, 1.807) is 12.1 Å². The summed E-state index contributed by atoms with van der Waals surface area (Å²) in [5, 5.41) is 27.8. The molecule has 0 aliphatic rings. The fourth-order valence-corrected chi connectivity index (χ4v) is 8.22. The van der Waals surface area contributed by atoms with Crippen LogP contribution in [0.4, 0.5) is 38.6 Å². The summed E-state index contributed by atoms with van der Waals surface area (Å²) in [4.78, 5) is 18.6. The van der Waals surface area contributed by atoms with Crippen molar-refractivity contribution >= 4 is 81.5 Å². The van der Waals surface area contributed by atoms with Crippen molar-refractivity contribution in [2.24, 2.45) is 20.5 Å². The lowest BCUT2D eigenvalue weighted by Crippen LogP contribution is -2.31. The lowest BCUT2D eigenvalue weighted by Gasteiger charge is -2.33. The molecule has 58 heavy (non-hydrogen) atoms. The molecular formula is C39H43ClN8O7S3. The fraction of sp³-hybridized carbons (Fsp3) is 0.308. The van der Waals surface area contributed by atoms with E-state index in [9.17, 15) is 31.5 Å². The van der Waals surface area contributed by atoms with Crippen LogP contribution in [0.5, 0.6) is 0 Å². The Kier molecular flexibility index (Phi) is 14.1. The predicted octanol–water partition coefficient (Wildman–Crippen LogP) is 10.4. The number of likely N-dealkylation sites (N-methyl/N-ethyl adjacent to an activating group) is 1. The lowest BCUT2D eigenvalue weighted by atomic mass is 9.78. The number of aromatic nitrogens is 1.